The molecule has 0 saturated carbocycles. The molecule has 1 aliphatic heterocycles. The van der Waals surface area contributed by atoms with Crippen LogP contribution in [-0.2, 0) is 19.6 Å². The Balaban J connectivity index is 1.55. The van der Waals surface area contributed by atoms with E-state index in [4.69, 9.17) is 4.74 Å². The number of carbonyl (C=O) groups excluding carboxylic acids is 2. The number of aryl methyl sites for hydroxylation is 2. The zero-order chi connectivity index (χ0) is 21.0. The van der Waals surface area contributed by atoms with Crippen LogP contribution in [0.15, 0.2) is 47.4 Å². The Hall–Kier alpha value is -2.91. The lowest BCUT2D eigenvalue weighted by molar-refractivity contribution is -0.123. The van der Waals surface area contributed by atoms with Crippen molar-refractivity contribution in [2.24, 2.45) is 0 Å². The Bertz CT molecular complexity index is 1020. The summed E-state index contributed by atoms with van der Waals surface area (Å²) in [5.74, 6) is -0.0429. The number of hydrogen-bond acceptors (Lipinski definition) is 5. The van der Waals surface area contributed by atoms with E-state index < -0.39 is 15.9 Å². The summed E-state index contributed by atoms with van der Waals surface area (Å²) >= 11 is 0. The maximum Gasteiger partial charge on any atom is 0.272 e. The number of rotatable bonds is 7. The summed E-state index contributed by atoms with van der Waals surface area (Å²) in [6.07, 6.45) is 1.29. The highest BCUT2D eigenvalue weighted by atomic mass is 32.2. The van der Waals surface area contributed by atoms with Crippen LogP contribution in [0.3, 0.4) is 0 Å². The third kappa shape index (κ3) is 5.12. The van der Waals surface area contributed by atoms with Crippen LogP contribution < -0.4 is 19.9 Å². The summed E-state index contributed by atoms with van der Waals surface area (Å²) in [7, 11) is -3.95. The van der Waals surface area contributed by atoms with Gasteiger partial charge < -0.3 is 9.64 Å². The van der Waals surface area contributed by atoms with Crippen molar-refractivity contribution in [2.45, 2.75) is 31.6 Å². The average Bonchev–Trinajstić information content (AvgIpc) is 3.13. The number of hydrazine groups is 1. The Morgan fingerprint density at radius 2 is 1.86 bits per heavy atom. The number of sulfonamides is 1. The van der Waals surface area contributed by atoms with Crippen molar-refractivity contribution in [1.82, 2.24) is 10.3 Å². The van der Waals surface area contributed by atoms with Crippen molar-refractivity contribution in [3.63, 3.8) is 0 Å². The summed E-state index contributed by atoms with van der Waals surface area (Å²) in [5.41, 5.74) is 4.65. The first-order valence-corrected chi connectivity index (χ1v) is 10.7. The number of benzene rings is 2. The molecule has 0 aromatic heterocycles. The second-order valence-corrected chi connectivity index (χ2v) is 8.54. The van der Waals surface area contributed by atoms with Gasteiger partial charge in [-0.05, 0) is 61.7 Å². The molecule has 29 heavy (non-hydrogen) atoms. The topological polar surface area (TPSA) is 105 Å². The van der Waals surface area contributed by atoms with Gasteiger partial charge in [-0.25, -0.2) is 8.42 Å². The van der Waals surface area contributed by atoms with Gasteiger partial charge in [0.15, 0.2) is 6.61 Å². The van der Waals surface area contributed by atoms with Gasteiger partial charge in [-0.3, -0.25) is 15.0 Å². The maximum atomic E-state index is 12.4. The molecule has 1 fully saturated rings. The normalized spacial score (nSPS) is 14.1. The molecule has 1 saturated heterocycles. The van der Waals surface area contributed by atoms with Crippen molar-refractivity contribution in [2.75, 3.05) is 18.1 Å². The van der Waals surface area contributed by atoms with E-state index in [2.05, 4.69) is 5.43 Å². The van der Waals surface area contributed by atoms with E-state index >= 15 is 0 Å². The minimum absolute atomic E-state index is 0.0230. The second-order valence-electron chi connectivity index (χ2n) is 6.85. The van der Waals surface area contributed by atoms with Crippen molar-refractivity contribution < 1.29 is 22.7 Å². The average molecular weight is 417 g/mol. The maximum absolute atomic E-state index is 12.4. The van der Waals surface area contributed by atoms with Crippen LogP contribution in [0.1, 0.15) is 24.0 Å². The van der Waals surface area contributed by atoms with Gasteiger partial charge in [0.05, 0.1) is 4.90 Å². The van der Waals surface area contributed by atoms with E-state index in [0.717, 1.165) is 17.5 Å². The molecular weight excluding hydrogens is 394 g/mol. The number of anilines is 1. The van der Waals surface area contributed by atoms with Crippen molar-refractivity contribution in [3.05, 3.63) is 53.6 Å². The quantitative estimate of drug-likeness (QED) is 0.669. The molecule has 0 atom stereocenters. The van der Waals surface area contributed by atoms with E-state index in [1.165, 1.54) is 12.1 Å². The SMILES string of the molecule is Cc1ccc(C)c(OCC(=O)NNS(=O)(=O)c2ccc(N3CCCC3=O)cc2)c1. The minimum atomic E-state index is -3.95. The third-order valence-electron chi connectivity index (χ3n) is 4.56. The number of hydrogen-bond donors (Lipinski definition) is 2. The molecule has 0 aliphatic carbocycles. The molecule has 1 aliphatic rings. The van der Waals surface area contributed by atoms with Gasteiger partial charge in [0.1, 0.15) is 5.75 Å². The fourth-order valence-electron chi connectivity index (χ4n) is 2.95. The van der Waals surface area contributed by atoms with Crippen LogP contribution in [0.5, 0.6) is 5.75 Å². The van der Waals surface area contributed by atoms with Gasteiger partial charge >= 0.3 is 0 Å². The smallest absolute Gasteiger partial charge is 0.272 e. The van der Waals surface area contributed by atoms with Crippen LogP contribution in [-0.4, -0.2) is 33.4 Å². The Morgan fingerprint density at radius 3 is 2.52 bits per heavy atom. The molecule has 1 heterocycles. The van der Waals surface area contributed by atoms with E-state index in [1.807, 2.05) is 30.8 Å². The molecule has 154 valence electrons. The largest absolute Gasteiger partial charge is 0.483 e. The van der Waals surface area contributed by atoms with Crippen molar-refractivity contribution in [1.29, 1.82) is 0 Å². The van der Waals surface area contributed by atoms with Crippen molar-refractivity contribution >= 4 is 27.5 Å². The van der Waals surface area contributed by atoms with Gasteiger partial charge in [0.25, 0.3) is 15.9 Å². The molecule has 0 unspecified atom stereocenters. The molecule has 8 nitrogen and oxygen atoms in total. The zero-order valence-electron chi connectivity index (χ0n) is 16.3. The van der Waals surface area contributed by atoms with Gasteiger partial charge in [-0.15, -0.1) is 4.83 Å². The number of nitrogens with zero attached hydrogens (tertiary/aromatic N) is 1. The van der Waals surface area contributed by atoms with Gasteiger partial charge in [-0.2, -0.15) is 0 Å². The first-order valence-electron chi connectivity index (χ1n) is 9.17. The molecular formula is C20H23N3O5S. The number of ether oxygens (including phenoxy) is 1. The van der Waals surface area contributed by atoms with Gasteiger partial charge in [-0.1, -0.05) is 12.1 Å². The van der Waals surface area contributed by atoms with E-state index in [0.29, 0.717) is 24.4 Å². The molecule has 0 spiro atoms. The lowest BCUT2D eigenvalue weighted by atomic mass is 10.1. The number of carbonyl (C=O) groups is 2. The highest BCUT2D eigenvalue weighted by Gasteiger charge is 2.22. The van der Waals surface area contributed by atoms with E-state index in [9.17, 15) is 18.0 Å². The summed E-state index contributed by atoms with van der Waals surface area (Å²) in [6, 6.07) is 11.5. The molecule has 3 rings (SSSR count). The van der Waals surface area contributed by atoms with Crippen LogP contribution in [0.25, 0.3) is 0 Å². The lowest BCUT2D eigenvalue weighted by Crippen LogP contribution is -2.43. The summed E-state index contributed by atoms with van der Waals surface area (Å²) in [6.45, 7) is 4.06. The molecule has 0 radical (unpaired) electrons. The second kappa shape index (κ2) is 8.62. The van der Waals surface area contributed by atoms with Crippen LogP contribution in [0, 0.1) is 13.8 Å². The van der Waals surface area contributed by atoms with E-state index in [1.54, 1.807) is 23.1 Å². The van der Waals surface area contributed by atoms with Crippen LogP contribution in [0.4, 0.5) is 5.69 Å². The monoisotopic (exact) mass is 417 g/mol. The molecule has 2 N–H and O–H groups in total. The molecule has 0 bridgehead atoms. The zero-order valence-corrected chi connectivity index (χ0v) is 17.1. The molecule has 2 aromatic carbocycles. The predicted octanol–water partition coefficient (Wildman–Crippen LogP) is 1.82. The summed E-state index contributed by atoms with van der Waals surface area (Å²) in [4.78, 5) is 27.4. The standard InChI is InChI=1S/C20H23N3O5S/c1-14-5-6-15(2)18(12-14)28-13-19(24)21-22-29(26,27)17-9-7-16(8-10-17)23-11-3-4-20(23)25/h5-10,12,22H,3-4,11,13H2,1-2H3,(H,21,24). The third-order valence-corrected chi connectivity index (χ3v) is 5.82. The minimum Gasteiger partial charge on any atom is -0.483 e. The lowest BCUT2D eigenvalue weighted by Gasteiger charge is -2.16. The van der Waals surface area contributed by atoms with Gasteiger partial charge in [0.2, 0.25) is 5.91 Å². The predicted molar refractivity (Wildman–Crippen MR) is 108 cm³/mol. The van der Waals surface area contributed by atoms with Crippen molar-refractivity contribution in [3.8, 4) is 5.75 Å². The molecule has 9 heteroatoms. The summed E-state index contributed by atoms with van der Waals surface area (Å²) < 4.78 is 30.2. The van der Waals surface area contributed by atoms with E-state index in [-0.39, 0.29) is 17.4 Å². The Morgan fingerprint density at radius 1 is 1.14 bits per heavy atom. The Labute approximate surface area is 169 Å². The summed E-state index contributed by atoms with van der Waals surface area (Å²) in [5, 5.41) is 0. The highest BCUT2D eigenvalue weighted by Crippen LogP contribution is 2.23. The number of nitrogens with one attached hydrogen (secondary N) is 2. The fraction of sp³-hybridized carbons (Fsp3) is 0.300. The first kappa shape index (κ1) is 20.8. The van der Waals surface area contributed by atoms with Crippen LogP contribution >= 0.6 is 0 Å². The van der Waals surface area contributed by atoms with Crippen LogP contribution in [0.2, 0.25) is 0 Å². The fourth-order valence-corrected chi connectivity index (χ4v) is 3.81. The molecule has 2 amide bonds. The Kier molecular flexibility index (Phi) is 6.19. The molecule has 2 aromatic rings. The van der Waals surface area contributed by atoms with Gasteiger partial charge in [0, 0.05) is 18.7 Å². The number of amides is 2. The first-order chi connectivity index (χ1) is 13.8. The highest BCUT2D eigenvalue weighted by molar-refractivity contribution is 7.89.